The number of carbonyl (C=O) groups is 6. The number of hydrogen-bond donors (Lipinski definition) is 7. The Labute approximate surface area is 251 Å². The minimum absolute atomic E-state index is 0.0867. The first kappa shape index (κ1) is 39.0. The summed E-state index contributed by atoms with van der Waals surface area (Å²) < 4.78 is 20.9. The van der Waals surface area contributed by atoms with E-state index in [0.29, 0.717) is 0 Å². The minimum atomic E-state index is -0.861. The van der Waals surface area contributed by atoms with Crippen molar-refractivity contribution in [3.8, 4) is 0 Å². The van der Waals surface area contributed by atoms with Crippen molar-refractivity contribution < 1.29 is 47.7 Å². The minimum Gasteiger partial charge on any atom is -0.377 e. The van der Waals surface area contributed by atoms with Gasteiger partial charge in [0.05, 0.1) is 46.2 Å². The Kier molecular flexibility index (Phi) is 21.0. The molecule has 16 nitrogen and oxygen atoms in total. The number of hydrogen-bond acceptors (Lipinski definition) is 11. The molecule has 242 valence electrons. The van der Waals surface area contributed by atoms with E-state index in [2.05, 4.69) is 39.2 Å². The van der Waals surface area contributed by atoms with E-state index in [1.807, 2.05) is 0 Å². The lowest BCUT2D eigenvalue weighted by Gasteiger charge is -2.21. The summed E-state index contributed by atoms with van der Waals surface area (Å²) >= 11 is 3.92. The maximum absolute atomic E-state index is 12.0. The highest BCUT2D eigenvalue weighted by atomic mass is 32.1. The van der Waals surface area contributed by atoms with Crippen molar-refractivity contribution >= 4 is 48.1 Å². The predicted molar refractivity (Wildman–Crippen MR) is 154 cm³/mol. The Morgan fingerprint density at radius 2 is 1.21 bits per heavy atom. The fraction of sp³-hybridized carbons (Fsp3) is 0.760. The van der Waals surface area contributed by atoms with Crippen molar-refractivity contribution in [3.63, 3.8) is 0 Å². The lowest BCUT2D eigenvalue weighted by molar-refractivity contribution is -0.133. The molecule has 0 aliphatic carbocycles. The molecule has 42 heavy (non-hydrogen) atoms. The maximum Gasteiger partial charge on any atom is 0.246 e. The molecule has 6 amide bonds. The molecule has 0 saturated carbocycles. The molecular weight excluding hydrogens is 576 g/mol. The smallest absolute Gasteiger partial charge is 0.246 e. The molecule has 7 N–H and O–H groups in total. The molecule has 0 spiro atoms. The number of ether oxygens (including phenoxy) is 4. The van der Waals surface area contributed by atoms with Crippen LogP contribution in [0.2, 0.25) is 0 Å². The van der Waals surface area contributed by atoms with Crippen molar-refractivity contribution in [1.82, 2.24) is 26.6 Å². The molecule has 17 heteroatoms. The largest absolute Gasteiger partial charge is 0.377 e. The van der Waals surface area contributed by atoms with Crippen LogP contribution in [0.25, 0.3) is 0 Å². The molecule has 0 aromatic heterocycles. The van der Waals surface area contributed by atoms with Crippen LogP contribution in [0.1, 0.15) is 27.7 Å². The summed E-state index contributed by atoms with van der Waals surface area (Å²) in [5.41, 5.74) is 4.48. The van der Waals surface area contributed by atoms with Crippen LogP contribution >= 0.6 is 12.6 Å². The highest BCUT2D eigenvalue weighted by Crippen LogP contribution is 2.12. The molecule has 0 unspecified atom stereocenters. The number of nitrogens with two attached hydrogens (primary N) is 1. The molecule has 0 fully saturated rings. The van der Waals surface area contributed by atoms with Crippen molar-refractivity contribution in [1.29, 1.82) is 0 Å². The molecular formula is C25H46N6O10S. The van der Waals surface area contributed by atoms with Crippen molar-refractivity contribution in [2.75, 3.05) is 78.2 Å². The summed E-state index contributed by atoms with van der Waals surface area (Å²) in [5, 5.41) is 12.6. The van der Waals surface area contributed by atoms with Crippen LogP contribution in [0.3, 0.4) is 0 Å². The van der Waals surface area contributed by atoms with Gasteiger partial charge in [-0.05, 0) is 6.92 Å². The van der Waals surface area contributed by atoms with Gasteiger partial charge in [-0.2, -0.15) is 12.6 Å². The summed E-state index contributed by atoms with van der Waals surface area (Å²) in [7, 11) is 0. The summed E-state index contributed by atoms with van der Waals surface area (Å²) in [5.74, 6) is -2.56. The van der Waals surface area contributed by atoms with Crippen molar-refractivity contribution in [3.05, 3.63) is 0 Å². The van der Waals surface area contributed by atoms with Crippen LogP contribution in [-0.2, 0) is 47.7 Å². The van der Waals surface area contributed by atoms with Gasteiger partial charge in [0.25, 0.3) is 0 Å². The molecule has 0 radical (unpaired) electrons. The quantitative estimate of drug-likeness (QED) is 0.0447. The number of thiol groups is 1. The molecule has 0 aliphatic rings. The van der Waals surface area contributed by atoms with Gasteiger partial charge in [0.1, 0.15) is 25.3 Å². The normalized spacial score (nSPS) is 12.5. The Morgan fingerprint density at radius 3 is 1.71 bits per heavy atom. The third-order valence-electron chi connectivity index (χ3n) is 5.05. The Hall–Kier alpha value is -2.99. The molecule has 0 aliphatic heterocycles. The second-order valence-corrected chi connectivity index (χ2v) is 10.3. The van der Waals surface area contributed by atoms with Crippen LogP contribution < -0.4 is 32.3 Å². The first-order valence-corrected chi connectivity index (χ1v) is 14.0. The lowest BCUT2D eigenvalue weighted by Crippen LogP contribution is -2.50. The van der Waals surface area contributed by atoms with E-state index in [1.54, 1.807) is 20.8 Å². The topological polar surface area (TPSA) is 226 Å². The maximum atomic E-state index is 12.0. The van der Waals surface area contributed by atoms with E-state index < -0.39 is 41.1 Å². The summed E-state index contributed by atoms with van der Waals surface area (Å²) in [6.07, 6.45) is 0. The van der Waals surface area contributed by atoms with Crippen LogP contribution in [0.4, 0.5) is 0 Å². The van der Waals surface area contributed by atoms with Crippen molar-refractivity contribution in [2.45, 2.75) is 39.8 Å². The average molecular weight is 623 g/mol. The molecule has 0 heterocycles. The second-order valence-electron chi connectivity index (χ2n) is 9.90. The first-order valence-electron chi connectivity index (χ1n) is 13.4. The Bertz CT molecular complexity index is 871. The lowest BCUT2D eigenvalue weighted by atomic mass is 9.95. The highest BCUT2D eigenvalue weighted by Gasteiger charge is 2.25. The summed E-state index contributed by atoms with van der Waals surface area (Å²) in [4.78, 5) is 70.2. The summed E-state index contributed by atoms with van der Waals surface area (Å²) in [6, 6.07) is -1.63. The standard InChI is InChI=1S/C25H46N6O10S/c1-17(30-24(37)25(2,3)4)23(36)29-13-19(32)27-5-7-38-9-11-40-14-20(33)28-6-8-39-10-12-41-15-21(34)31-18(16-42)22(26)35/h17-18,42H,5-16H2,1-4H3,(H2,26,35)(H,27,32)(H,28,33)(H,29,36)(H,30,37)(H,31,34)/t17-,18+/m0/s1. The fourth-order valence-corrected chi connectivity index (χ4v) is 2.92. The van der Waals surface area contributed by atoms with Gasteiger partial charge in [-0.1, -0.05) is 20.8 Å². The van der Waals surface area contributed by atoms with E-state index in [9.17, 15) is 28.8 Å². The van der Waals surface area contributed by atoms with Crippen LogP contribution in [0.15, 0.2) is 0 Å². The average Bonchev–Trinajstić information content (AvgIpc) is 2.92. The SMILES string of the molecule is C[C@H](NC(=O)C(C)(C)C)C(=O)NCC(=O)NCCOCCOCC(=O)NCCOCCOCC(=O)N[C@H](CS)C(N)=O. The number of rotatable bonds is 23. The molecule has 0 saturated heterocycles. The Morgan fingerprint density at radius 1 is 0.714 bits per heavy atom. The third kappa shape index (κ3) is 20.8. The fourth-order valence-electron chi connectivity index (χ4n) is 2.65. The Balaban J connectivity index is 3.62. The first-order chi connectivity index (χ1) is 19.8. The van der Waals surface area contributed by atoms with E-state index in [1.165, 1.54) is 6.92 Å². The van der Waals surface area contributed by atoms with Gasteiger partial charge in [-0.3, -0.25) is 28.8 Å². The molecule has 0 aromatic carbocycles. The van der Waals surface area contributed by atoms with Crippen molar-refractivity contribution in [2.24, 2.45) is 11.1 Å². The highest BCUT2D eigenvalue weighted by molar-refractivity contribution is 7.80. The van der Waals surface area contributed by atoms with Gasteiger partial charge in [0.2, 0.25) is 35.4 Å². The summed E-state index contributed by atoms with van der Waals surface area (Å²) in [6.45, 7) is 7.73. The zero-order chi connectivity index (χ0) is 32.0. The molecule has 0 aromatic rings. The monoisotopic (exact) mass is 622 g/mol. The van der Waals surface area contributed by atoms with E-state index >= 15 is 0 Å². The zero-order valence-corrected chi connectivity index (χ0v) is 25.6. The van der Waals surface area contributed by atoms with E-state index in [-0.39, 0.29) is 90.1 Å². The van der Waals surface area contributed by atoms with Gasteiger partial charge in [-0.15, -0.1) is 0 Å². The van der Waals surface area contributed by atoms with E-state index in [0.717, 1.165) is 0 Å². The van der Waals surface area contributed by atoms with Gasteiger partial charge in [0.15, 0.2) is 0 Å². The van der Waals surface area contributed by atoms with Crippen LogP contribution in [0, 0.1) is 5.41 Å². The van der Waals surface area contributed by atoms with Gasteiger partial charge in [0, 0.05) is 24.3 Å². The number of carbonyl (C=O) groups excluding carboxylic acids is 6. The van der Waals surface area contributed by atoms with Gasteiger partial charge >= 0.3 is 0 Å². The van der Waals surface area contributed by atoms with Crippen LogP contribution in [0.5, 0.6) is 0 Å². The molecule has 0 bridgehead atoms. The van der Waals surface area contributed by atoms with E-state index in [4.69, 9.17) is 24.7 Å². The molecule has 0 rings (SSSR count). The third-order valence-corrected chi connectivity index (χ3v) is 5.42. The molecule has 2 atom stereocenters. The second kappa shape index (κ2) is 22.6. The number of amides is 6. The van der Waals surface area contributed by atoms with Gasteiger partial charge in [-0.25, -0.2) is 0 Å². The zero-order valence-electron chi connectivity index (χ0n) is 24.7. The van der Waals surface area contributed by atoms with Gasteiger partial charge < -0.3 is 51.3 Å². The number of nitrogens with one attached hydrogen (secondary N) is 5. The van der Waals surface area contributed by atoms with Crippen LogP contribution in [-0.4, -0.2) is 126 Å². The predicted octanol–water partition coefficient (Wildman–Crippen LogP) is -3.15. The number of primary amides is 1.